The van der Waals surface area contributed by atoms with Gasteiger partial charge < -0.3 is 9.42 Å². The van der Waals surface area contributed by atoms with Crippen LogP contribution in [-0.4, -0.2) is 22.5 Å². The molecule has 4 nitrogen and oxygen atoms in total. The molecule has 2 heterocycles. The van der Waals surface area contributed by atoms with E-state index in [2.05, 4.69) is 5.16 Å². The Labute approximate surface area is 145 Å². The highest BCUT2D eigenvalue weighted by molar-refractivity contribution is 6.31. The number of halogens is 2. The molecule has 1 amide bonds. The SMILES string of the molecule is CCc1onc(C)c1[C@H]1CCCN1C(=O)Cc1ccc(F)cc1Cl. The Bertz CT molecular complexity index is 759. The number of aromatic nitrogens is 1. The van der Waals surface area contributed by atoms with Crippen molar-refractivity contribution in [1.82, 2.24) is 10.1 Å². The highest BCUT2D eigenvalue weighted by atomic mass is 35.5. The van der Waals surface area contributed by atoms with Crippen molar-refractivity contribution in [2.75, 3.05) is 6.54 Å². The average molecular weight is 351 g/mol. The fourth-order valence-corrected chi connectivity index (χ4v) is 3.63. The Morgan fingerprint density at radius 2 is 2.29 bits per heavy atom. The maximum atomic E-state index is 13.2. The topological polar surface area (TPSA) is 46.3 Å². The van der Waals surface area contributed by atoms with E-state index in [0.29, 0.717) is 12.1 Å². The van der Waals surface area contributed by atoms with Crippen molar-refractivity contribution in [3.05, 3.63) is 51.6 Å². The predicted octanol–water partition coefficient (Wildman–Crippen LogP) is 4.24. The summed E-state index contributed by atoms with van der Waals surface area (Å²) in [6.07, 6.45) is 2.76. The minimum Gasteiger partial charge on any atom is -0.361 e. The molecule has 3 rings (SSSR count). The molecule has 0 spiro atoms. The number of carbonyl (C=O) groups is 1. The first-order valence-electron chi connectivity index (χ1n) is 8.19. The molecule has 1 aliphatic heterocycles. The second kappa shape index (κ2) is 6.93. The summed E-state index contributed by atoms with van der Waals surface area (Å²) in [6.45, 7) is 4.63. The van der Waals surface area contributed by atoms with Gasteiger partial charge in [0.15, 0.2) is 0 Å². The van der Waals surface area contributed by atoms with Crippen molar-refractivity contribution in [2.24, 2.45) is 0 Å². The molecule has 0 N–H and O–H groups in total. The van der Waals surface area contributed by atoms with Crippen LogP contribution in [-0.2, 0) is 17.6 Å². The molecule has 0 saturated carbocycles. The van der Waals surface area contributed by atoms with Gasteiger partial charge in [0.1, 0.15) is 11.6 Å². The zero-order valence-electron chi connectivity index (χ0n) is 13.8. The number of hydrogen-bond donors (Lipinski definition) is 0. The zero-order valence-corrected chi connectivity index (χ0v) is 14.6. The van der Waals surface area contributed by atoms with Crippen LogP contribution < -0.4 is 0 Å². The predicted molar refractivity (Wildman–Crippen MR) is 89.4 cm³/mol. The lowest BCUT2D eigenvalue weighted by molar-refractivity contribution is -0.131. The first-order valence-corrected chi connectivity index (χ1v) is 8.57. The van der Waals surface area contributed by atoms with E-state index in [1.54, 1.807) is 6.07 Å². The normalized spacial score (nSPS) is 17.5. The summed E-state index contributed by atoms with van der Waals surface area (Å²) in [5.74, 6) is 0.439. The molecule has 1 fully saturated rings. The summed E-state index contributed by atoms with van der Waals surface area (Å²) in [4.78, 5) is 14.7. The molecule has 0 bridgehead atoms. The molecule has 128 valence electrons. The van der Waals surface area contributed by atoms with Crippen molar-refractivity contribution in [2.45, 2.75) is 45.6 Å². The van der Waals surface area contributed by atoms with Gasteiger partial charge in [0.05, 0.1) is 18.2 Å². The number of amides is 1. The van der Waals surface area contributed by atoms with Crippen molar-refractivity contribution in [3.63, 3.8) is 0 Å². The molecule has 0 radical (unpaired) electrons. The van der Waals surface area contributed by atoms with E-state index in [1.165, 1.54) is 12.1 Å². The summed E-state index contributed by atoms with van der Waals surface area (Å²) in [5.41, 5.74) is 2.52. The monoisotopic (exact) mass is 350 g/mol. The van der Waals surface area contributed by atoms with Gasteiger partial charge in [0, 0.05) is 23.6 Å². The zero-order chi connectivity index (χ0) is 17.3. The number of hydrogen-bond acceptors (Lipinski definition) is 3. The van der Waals surface area contributed by atoms with Gasteiger partial charge in [0.25, 0.3) is 0 Å². The van der Waals surface area contributed by atoms with Gasteiger partial charge in [-0.25, -0.2) is 4.39 Å². The smallest absolute Gasteiger partial charge is 0.227 e. The van der Waals surface area contributed by atoms with E-state index in [1.807, 2.05) is 18.7 Å². The van der Waals surface area contributed by atoms with Crippen molar-refractivity contribution in [3.8, 4) is 0 Å². The van der Waals surface area contributed by atoms with Crippen LogP contribution in [0.3, 0.4) is 0 Å². The second-order valence-corrected chi connectivity index (χ2v) is 6.52. The van der Waals surface area contributed by atoms with Gasteiger partial charge in [-0.3, -0.25) is 4.79 Å². The Morgan fingerprint density at radius 1 is 1.50 bits per heavy atom. The van der Waals surface area contributed by atoms with Crippen LogP contribution in [0.15, 0.2) is 22.7 Å². The van der Waals surface area contributed by atoms with E-state index in [0.717, 1.165) is 36.3 Å². The van der Waals surface area contributed by atoms with Crippen LogP contribution >= 0.6 is 11.6 Å². The molecular formula is C18H20ClFN2O2. The first kappa shape index (κ1) is 17.0. The summed E-state index contributed by atoms with van der Waals surface area (Å²) in [5, 5.41) is 4.34. The van der Waals surface area contributed by atoms with Gasteiger partial charge >= 0.3 is 0 Å². The summed E-state index contributed by atoms with van der Waals surface area (Å²) in [6, 6.07) is 4.14. The molecule has 1 aromatic carbocycles. The number of nitrogens with zero attached hydrogens (tertiary/aromatic N) is 2. The standard InChI is InChI=1S/C18H20ClFN2O2/c1-3-16-18(11(2)21-24-16)15-5-4-8-22(15)17(23)9-12-6-7-13(20)10-14(12)19/h6-7,10,15H,3-5,8-9H2,1-2H3/t15-/m1/s1. The maximum Gasteiger partial charge on any atom is 0.227 e. The van der Waals surface area contributed by atoms with E-state index in [-0.39, 0.29) is 23.4 Å². The van der Waals surface area contributed by atoms with Gasteiger partial charge in [-0.15, -0.1) is 0 Å². The van der Waals surface area contributed by atoms with Crippen LogP contribution in [0.4, 0.5) is 4.39 Å². The third kappa shape index (κ3) is 3.18. The first-order chi connectivity index (χ1) is 11.5. The lowest BCUT2D eigenvalue weighted by Gasteiger charge is -2.25. The van der Waals surface area contributed by atoms with Crippen molar-refractivity contribution in [1.29, 1.82) is 0 Å². The highest BCUT2D eigenvalue weighted by Gasteiger charge is 2.34. The lowest BCUT2D eigenvalue weighted by Crippen LogP contribution is -2.32. The van der Waals surface area contributed by atoms with Gasteiger partial charge in [-0.2, -0.15) is 0 Å². The fourth-order valence-electron chi connectivity index (χ4n) is 3.40. The molecule has 0 unspecified atom stereocenters. The average Bonchev–Trinajstić information content (AvgIpc) is 3.15. The van der Waals surface area contributed by atoms with Gasteiger partial charge in [-0.05, 0) is 37.5 Å². The summed E-state index contributed by atoms with van der Waals surface area (Å²) >= 11 is 6.05. The van der Waals surface area contributed by atoms with Crippen LogP contribution in [0.1, 0.15) is 48.4 Å². The Balaban J connectivity index is 1.82. The van der Waals surface area contributed by atoms with E-state index in [9.17, 15) is 9.18 Å². The Morgan fingerprint density at radius 3 is 3.00 bits per heavy atom. The molecule has 6 heteroatoms. The maximum absolute atomic E-state index is 13.2. The minimum atomic E-state index is -0.400. The van der Waals surface area contributed by atoms with Crippen LogP contribution in [0.2, 0.25) is 5.02 Å². The molecule has 1 atom stereocenters. The number of aryl methyl sites for hydroxylation is 2. The van der Waals surface area contributed by atoms with E-state index < -0.39 is 5.82 Å². The number of rotatable bonds is 4. The highest BCUT2D eigenvalue weighted by Crippen LogP contribution is 2.36. The minimum absolute atomic E-state index is 0.00192. The lowest BCUT2D eigenvalue weighted by atomic mass is 10.0. The van der Waals surface area contributed by atoms with Crippen LogP contribution in [0, 0.1) is 12.7 Å². The summed E-state index contributed by atoms with van der Waals surface area (Å²) < 4.78 is 18.5. The number of likely N-dealkylation sites (tertiary alicyclic amines) is 1. The quantitative estimate of drug-likeness (QED) is 0.828. The molecule has 1 saturated heterocycles. The third-order valence-electron chi connectivity index (χ3n) is 4.57. The fraction of sp³-hybridized carbons (Fsp3) is 0.444. The number of carbonyl (C=O) groups excluding carboxylic acids is 1. The van der Waals surface area contributed by atoms with Gasteiger partial charge in [0.2, 0.25) is 5.91 Å². The Kier molecular flexibility index (Phi) is 4.90. The Hall–Kier alpha value is -1.88. The van der Waals surface area contributed by atoms with E-state index >= 15 is 0 Å². The van der Waals surface area contributed by atoms with Gasteiger partial charge in [-0.1, -0.05) is 29.7 Å². The number of benzene rings is 1. The van der Waals surface area contributed by atoms with Crippen molar-refractivity contribution < 1.29 is 13.7 Å². The third-order valence-corrected chi connectivity index (χ3v) is 4.92. The molecule has 24 heavy (non-hydrogen) atoms. The molecule has 1 aromatic heterocycles. The van der Waals surface area contributed by atoms with Crippen molar-refractivity contribution >= 4 is 17.5 Å². The van der Waals surface area contributed by atoms with Crippen LogP contribution in [0.5, 0.6) is 0 Å². The largest absolute Gasteiger partial charge is 0.361 e. The molecular weight excluding hydrogens is 331 g/mol. The molecule has 1 aliphatic rings. The van der Waals surface area contributed by atoms with E-state index in [4.69, 9.17) is 16.1 Å². The summed E-state index contributed by atoms with van der Waals surface area (Å²) in [7, 11) is 0. The second-order valence-electron chi connectivity index (χ2n) is 6.12. The molecule has 2 aromatic rings. The van der Waals surface area contributed by atoms with Crippen LogP contribution in [0.25, 0.3) is 0 Å². The molecule has 0 aliphatic carbocycles.